The van der Waals surface area contributed by atoms with E-state index in [0.717, 1.165) is 11.3 Å². The third-order valence-electron chi connectivity index (χ3n) is 6.29. The lowest BCUT2D eigenvalue weighted by atomic mass is 9.84. The standard InChI is InChI=1S/C28H30ClNO4S2/c1-3-13-30-27(31)25(36-28(30)35)18-19-16-23(29)26(24(17-19)32-2)34-15-14-33-22-11-9-21(10-12-22)20-7-5-4-6-8-20/h3,9-12,16-18,20H,1,4-8,13-15H2,2H3. The summed E-state index contributed by atoms with van der Waals surface area (Å²) in [6, 6.07) is 11.9. The highest BCUT2D eigenvalue weighted by Gasteiger charge is 2.31. The van der Waals surface area contributed by atoms with E-state index in [1.165, 1.54) is 54.3 Å². The first-order valence-corrected chi connectivity index (χ1v) is 13.7. The Morgan fingerprint density at radius 3 is 2.56 bits per heavy atom. The normalized spacial score (nSPS) is 17.5. The molecule has 1 amide bonds. The van der Waals surface area contributed by atoms with Gasteiger partial charge in [0.2, 0.25) is 0 Å². The van der Waals surface area contributed by atoms with Gasteiger partial charge in [-0.3, -0.25) is 9.69 Å². The van der Waals surface area contributed by atoms with Gasteiger partial charge in [0, 0.05) is 6.54 Å². The van der Waals surface area contributed by atoms with Gasteiger partial charge in [0.25, 0.3) is 5.91 Å². The third-order valence-corrected chi connectivity index (χ3v) is 7.95. The average molecular weight is 544 g/mol. The number of ether oxygens (including phenoxy) is 3. The Morgan fingerprint density at radius 1 is 1.14 bits per heavy atom. The molecule has 0 spiro atoms. The van der Waals surface area contributed by atoms with Crippen LogP contribution in [0.5, 0.6) is 17.2 Å². The van der Waals surface area contributed by atoms with Crippen molar-refractivity contribution in [2.45, 2.75) is 38.0 Å². The summed E-state index contributed by atoms with van der Waals surface area (Å²) in [5.41, 5.74) is 2.12. The highest BCUT2D eigenvalue weighted by Crippen LogP contribution is 2.39. The molecular weight excluding hydrogens is 514 g/mol. The SMILES string of the molecule is C=CCN1C(=O)C(=Cc2cc(Cl)c(OCCOc3ccc(C4CCCCC4)cc3)c(OC)c2)SC1=S. The molecule has 1 saturated carbocycles. The minimum atomic E-state index is -0.149. The number of carbonyl (C=O) groups is 1. The van der Waals surface area contributed by atoms with Crippen LogP contribution in [0.1, 0.15) is 49.1 Å². The van der Waals surface area contributed by atoms with E-state index in [0.29, 0.717) is 51.4 Å². The lowest BCUT2D eigenvalue weighted by molar-refractivity contribution is -0.121. The minimum absolute atomic E-state index is 0.149. The number of methoxy groups -OCH3 is 1. The van der Waals surface area contributed by atoms with E-state index >= 15 is 0 Å². The Bertz CT molecular complexity index is 1140. The van der Waals surface area contributed by atoms with Gasteiger partial charge in [0.1, 0.15) is 23.3 Å². The molecule has 0 aromatic heterocycles. The van der Waals surface area contributed by atoms with E-state index in [1.807, 2.05) is 12.1 Å². The molecule has 1 saturated heterocycles. The van der Waals surface area contributed by atoms with Crippen LogP contribution in [0, 0.1) is 0 Å². The van der Waals surface area contributed by atoms with E-state index in [1.54, 1.807) is 31.4 Å². The first-order valence-electron chi connectivity index (χ1n) is 12.1. The zero-order chi connectivity index (χ0) is 25.5. The number of halogens is 1. The zero-order valence-corrected chi connectivity index (χ0v) is 22.7. The van der Waals surface area contributed by atoms with E-state index in [9.17, 15) is 4.79 Å². The molecule has 0 radical (unpaired) electrons. The Labute approximate surface area is 227 Å². The molecular formula is C28H30ClNO4S2. The highest BCUT2D eigenvalue weighted by atomic mass is 35.5. The number of thioether (sulfide) groups is 1. The second kappa shape index (κ2) is 12.7. The number of thiocarbonyl (C=S) groups is 1. The van der Waals surface area contributed by atoms with Gasteiger partial charge in [0.15, 0.2) is 11.5 Å². The van der Waals surface area contributed by atoms with Gasteiger partial charge in [-0.25, -0.2) is 0 Å². The highest BCUT2D eigenvalue weighted by molar-refractivity contribution is 8.26. The Hall–Kier alpha value is -2.48. The van der Waals surface area contributed by atoms with Gasteiger partial charge in [-0.15, -0.1) is 6.58 Å². The molecule has 190 valence electrons. The molecule has 2 aromatic carbocycles. The lowest BCUT2D eigenvalue weighted by Crippen LogP contribution is -2.27. The van der Waals surface area contributed by atoms with Crippen molar-refractivity contribution < 1.29 is 19.0 Å². The summed E-state index contributed by atoms with van der Waals surface area (Å²) in [5, 5.41) is 0.388. The summed E-state index contributed by atoms with van der Waals surface area (Å²) in [6.45, 7) is 4.73. The molecule has 2 aliphatic rings. The van der Waals surface area contributed by atoms with E-state index in [4.69, 9.17) is 38.0 Å². The summed E-state index contributed by atoms with van der Waals surface area (Å²) in [4.78, 5) is 14.6. The van der Waals surface area contributed by atoms with Crippen LogP contribution in [-0.2, 0) is 4.79 Å². The molecule has 0 N–H and O–H groups in total. The van der Waals surface area contributed by atoms with Crippen molar-refractivity contribution in [1.82, 2.24) is 4.90 Å². The maximum atomic E-state index is 12.6. The molecule has 1 aliphatic heterocycles. The summed E-state index contributed by atoms with van der Waals surface area (Å²) >= 11 is 13.1. The summed E-state index contributed by atoms with van der Waals surface area (Å²) in [7, 11) is 1.55. The Morgan fingerprint density at radius 2 is 1.86 bits per heavy atom. The summed E-state index contributed by atoms with van der Waals surface area (Å²) in [6.07, 6.45) is 9.96. The minimum Gasteiger partial charge on any atom is -0.493 e. The molecule has 2 fully saturated rings. The van der Waals surface area contributed by atoms with Crippen molar-refractivity contribution in [1.29, 1.82) is 0 Å². The first-order chi connectivity index (χ1) is 17.5. The van der Waals surface area contributed by atoms with Crippen molar-refractivity contribution >= 4 is 51.9 Å². The molecule has 1 heterocycles. The number of hydrogen-bond donors (Lipinski definition) is 0. The predicted molar refractivity (Wildman–Crippen MR) is 151 cm³/mol. The maximum absolute atomic E-state index is 12.6. The van der Waals surface area contributed by atoms with E-state index in [-0.39, 0.29) is 5.91 Å². The lowest BCUT2D eigenvalue weighted by Gasteiger charge is -2.22. The van der Waals surface area contributed by atoms with Crippen LogP contribution in [0.25, 0.3) is 6.08 Å². The first kappa shape index (κ1) is 26.6. The largest absolute Gasteiger partial charge is 0.493 e. The van der Waals surface area contributed by atoms with Gasteiger partial charge in [-0.2, -0.15) is 0 Å². The van der Waals surface area contributed by atoms with Crippen LogP contribution in [0.15, 0.2) is 54.0 Å². The molecule has 8 heteroatoms. The molecule has 4 rings (SSSR count). The third kappa shape index (κ3) is 6.44. The molecule has 1 aliphatic carbocycles. The van der Waals surface area contributed by atoms with Crippen molar-refractivity contribution in [3.8, 4) is 17.2 Å². The van der Waals surface area contributed by atoms with E-state index < -0.39 is 0 Å². The quantitative estimate of drug-likeness (QED) is 0.136. The van der Waals surface area contributed by atoms with E-state index in [2.05, 4.69) is 18.7 Å². The van der Waals surface area contributed by atoms with Crippen LogP contribution >= 0.6 is 35.6 Å². The van der Waals surface area contributed by atoms with Gasteiger partial charge >= 0.3 is 0 Å². The number of hydrogen-bond acceptors (Lipinski definition) is 6. The Balaban J connectivity index is 1.34. The van der Waals surface area contributed by atoms with Crippen LogP contribution in [0.3, 0.4) is 0 Å². The number of amides is 1. The average Bonchev–Trinajstić information content (AvgIpc) is 3.15. The van der Waals surface area contributed by atoms with Crippen molar-refractivity contribution in [3.05, 3.63) is 70.1 Å². The number of carbonyl (C=O) groups excluding carboxylic acids is 1. The fraction of sp³-hybridized carbons (Fsp3) is 0.357. The summed E-state index contributed by atoms with van der Waals surface area (Å²) < 4.78 is 17.8. The van der Waals surface area contributed by atoms with Gasteiger partial charge in [-0.1, -0.05) is 73.1 Å². The molecule has 0 atom stereocenters. The van der Waals surface area contributed by atoms with Gasteiger partial charge < -0.3 is 14.2 Å². The van der Waals surface area contributed by atoms with Crippen LogP contribution in [-0.4, -0.2) is 42.0 Å². The van der Waals surface area contributed by atoms with Crippen LogP contribution in [0.4, 0.5) is 0 Å². The number of nitrogens with zero attached hydrogens (tertiary/aromatic N) is 1. The second-order valence-corrected chi connectivity index (χ2v) is 10.8. The zero-order valence-electron chi connectivity index (χ0n) is 20.3. The van der Waals surface area contributed by atoms with Crippen LogP contribution in [0.2, 0.25) is 5.02 Å². The molecule has 2 aromatic rings. The van der Waals surface area contributed by atoms with Gasteiger partial charge in [-0.05, 0) is 60.2 Å². The molecule has 0 unspecified atom stereocenters. The molecule has 36 heavy (non-hydrogen) atoms. The Kier molecular flexibility index (Phi) is 9.35. The van der Waals surface area contributed by atoms with Crippen molar-refractivity contribution in [2.24, 2.45) is 0 Å². The number of rotatable bonds is 10. The number of benzene rings is 2. The monoisotopic (exact) mass is 543 g/mol. The fourth-order valence-electron chi connectivity index (χ4n) is 4.48. The van der Waals surface area contributed by atoms with Crippen molar-refractivity contribution in [3.63, 3.8) is 0 Å². The summed E-state index contributed by atoms with van der Waals surface area (Å²) in [5.74, 6) is 2.26. The van der Waals surface area contributed by atoms with Gasteiger partial charge in [0.05, 0.1) is 17.0 Å². The fourth-order valence-corrected chi connectivity index (χ4v) is 6.03. The molecule has 5 nitrogen and oxygen atoms in total. The maximum Gasteiger partial charge on any atom is 0.266 e. The smallest absolute Gasteiger partial charge is 0.266 e. The topological polar surface area (TPSA) is 48.0 Å². The van der Waals surface area contributed by atoms with Crippen molar-refractivity contribution in [2.75, 3.05) is 26.9 Å². The second-order valence-electron chi connectivity index (χ2n) is 8.72. The predicted octanol–water partition coefficient (Wildman–Crippen LogP) is 7.24. The molecule has 0 bridgehead atoms. The van der Waals surface area contributed by atoms with Crippen LogP contribution < -0.4 is 14.2 Å².